The van der Waals surface area contributed by atoms with Gasteiger partial charge in [-0.15, -0.1) is 0 Å². The summed E-state index contributed by atoms with van der Waals surface area (Å²) < 4.78 is 19.0. The van der Waals surface area contributed by atoms with Crippen molar-refractivity contribution in [3.63, 3.8) is 0 Å². The van der Waals surface area contributed by atoms with Crippen molar-refractivity contribution in [1.82, 2.24) is 29.7 Å². The lowest BCUT2D eigenvalue weighted by Crippen LogP contribution is -2.52. The number of hydrogen-bond donors (Lipinski definition) is 4. The molecule has 2 saturated heterocycles. The second kappa shape index (κ2) is 12.0. The molecule has 43 heavy (non-hydrogen) atoms. The number of aromatic amines is 1. The van der Waals surface area contributed by atoms with Gasteiger partial charge < -0.3 is 39.8 Å². The average Bonchev–Trinajstić information content (AvgIpc) is 3.47. The molecule has 2 aromatic heterocycles. The molecular formula is C30H40N9O3P. The van der Waals surface area contributed by atoms with Gasteiger partial charge in [0.05, 0.1) is 41.8 Å². The minimum atomic E-state index is -2.74. The van der Waals surface area contributed by atoms with E-state index < -0.39 is 7.14 Å². The highest BCUT2D eigenvalue weighted by molar-refractivity contribution is 7.71. The van der Waals surface area contributed by atoms with Gasteiger partial charge in [-0.3, -0.25) is 4.90 Å². The van der Waals surface area contributed by atoms with Gasteiger partial charge in [0.15, 0.2) is 11.6 Å². The summed E-state index contributed by atoms with van der Waals surface area (Å²) in [6.07, 6.45) is 5.22. The monoisotopic (exact) mass is 605 g/mol. The lowest BCUT2D eigenvalue weighted by atomic mass is 10.0. The van der Waals surface area contributed by atoms with Crippen LogP contribution in [-0.2, 0) is 4.57 Å². The third-order valence-corrected chi connectivity index (χ3v) is 9.97. The van der Waals surface area contributed by atoms with Gasteiger partial charge in [-0.2, -0.15) is 4.98 Å². The molecule has 228 valence electrons. The Hall–Kier alpha value is -3.86. The highest BCUT2D eigenvalue weighted by Gasteiger charge is 2.27. The number of aromatic hydroxyl groups is 1. The molecule has 2 aromatic carbocycles. The standard InChI is InChI=1S/C30H40N9O3P/c1-37-13-15-39(16-14-37)20-9-11-38(12-10-20)21-5-6-22(26(17-21)42-2)35-30-31-18-25(40)29(36-30)34-24-8-7-23-27(33-19-32-23)28(24)43(3,4)41/h5-8,17-20,40H,9-16H2,1-4H3,(H,32,33)(H2,31,34,35,36). The first-order chi connectivity index (χ1) is 20.7. The average molecular weight is 606 g/mol. The molecule has 6 rings (SSSR count). The summed E-state index contributed by atoms with van der Waals surface area (Å²) in [4.78, 5) is 23.7. The van der Waals surface area contributed by atoms with Crippen LogP contribution in [0, 0.1) is 0 Å². The van der Waals surface area contributed by atoms with E-state index in [-0.39, 0.29) is 17.5 Å². The minimum Gasteiger partial charge on any atom is -0.503 e. The molecule has 4 aromatic rings. The number of piperidine rings is 1. The number of rotatable bonds is 8. The number of benzene rings is 2. The van der Waals surface area contributed by atoms with Crippen molar-refractivity contribution in [2.75, 3.05) is 82.3 Å². The number of nitrogens with one attached hydrogen (secondary N) is 3. The number of imidazole rings is 1. The van der Waals surface area contributed by atoms with Crippen molar-refractivity contribution < 1.29 is 14.4 Å². The SMILES string of the molecule is COc1cc(N2CCC(N3CCN(C)CC3)CC2)ccc1Nc1ncc(O)c(Nc2ccc3[nH]cnc3c2P(C)(C)=O)n1. The Balaban J connectivity index is 1.17. The Bertz CT molecular complexity index is 1640. The fraction of sp³-hybridized carbons (Fsp3) is 0.433. The second-order valence-electron chi connectivity index (χ2n) is 11.7. The normalized spacial score (nSPS) is 17.3. The molecule has 13 heteroatoms. The molecule has 2 aliphatic rings. The molecule has 0 saturated carbocycles. The van der Waals surface area contributed by atoms with Crippen molar-refractivity contribution in [2.24, 2.45) is 0 Å². The molecule has 0 amide bonds. The third kappa shape index (κ3) is 6.27. The van der Waals surface area contributed by atoms with E-state index in [1.54, 1.807) is 32.8 Å². The number of ether oxygens (including phenoxy) is 1. The van der Waals surface area contributed by atoms with Gasteiger partial charge in [0.1, 0.15) is 18.4 Å². The van der Waals surface area contributed by atoms with E-state index in [0.717, 1.165) is 63.3 Å². The number of likely N-dealkylation sites (N-methyl/N-ethyl adjacent to an activating group) is 1. The minimum absolute atomic E-state index is 0.136. The molecule has 4 N–H and O–H groups in total. The van der Waals surface area contributed by atoms with Gasteiger partial charge in [0.25, 0.3) is 0 Å². The molecule has 0 aliphatic carbocycles. The first-order valence-electron chi connectivity index (χ1n) is 14.7. The lowest BCUT2D eigenvalue weighted by molar-refractivity contribution is 0.0982. The Morgan fingerprint density at radius 1 is 1.00 bits per heavy atom. The van der Waals surface area contributed by atoms with Crippen LogP contribution >= 0.6 is 7.14 Å². The van der Waals surface area contributed by atoms with Crippen LogP contribution in [0.25, 0.3) is 11.0 Å². The van der Waals surface area contributed by atoms with Crippen LogP contribution in [0.5, 0.6) is 11.5 Å². The van der Waals surface area contributed by atoms with E-state index in [0.29, 0.717) is 34.0 Å². The van der Waals surface area contributed by atoms with Crippen LogP contribution in [-0.4, -0.2) is 108 Å². The summed E-state index contributed by atoms with van der Waals surface area (Å²) in [5.74, 6) is 0.996. The summed E-state index contributed by atoms with van der Waals surface area (Å²) in [7, 11) is 1.11. The molecule has 2 aliphatic heterocycles. The van der Waals surface area contributed by atoms with Crippen molar-refractivity contribution in [3.05, 3.63) is 42.9 Å². The summed E-state index contributed by atoms with van der Waals surface area (Å²) in [5.41, 5.74) is 3.80. The predicted octanol–water partition coefficient (Wildman–Crippen LogP) is 4.02. The number of anilines is 5. The van der Waals surface area contributed by atoms with Crippen LogP contribution in [0.15, 0.2) is 42.9 Å². The quantitative estimate of drug-likeness (QED) is 0.217. The largest absolute Gasteiger partial charge is 0.503 e. The zero-order valence-corrected chi connectivity index (χ0v) is 26.1. The first kappa shape index (κ1) is 29.2. The summed E-state index contributed by atoms with van der Waals surface area (Å²) in [5, 5.41) is 17.6. The molecule has 0 bridgehead atoms. The molecule has 0 spiro atoms. The maximum atomic E-state index is 13.2. The van der Waals surface area contributed by atoms with E-state index >= 15 is 0 Å². The van der Waals surface area contributed by atoms with Gasteiger partial charge in [-0.25, -0.2) is 9.97 Å². The number of nitrogens with zero attached hydrogens (tertiary/aromatic N) is 6. The fourth-order valence-electron chi connectivity index (χ4n) is 6.07. The maximum absolute atomic E-state index is 13.2. The second-order valence-corrected chi connectivity index (χ2v) is 14.9. The number of methoxy groups -OCH3 is 1. The topological polar surface area (TPSA) is 135 Å². The molecule has 12 nitrogen and oxygen atoms in total. The van der Waals surface area contributed by atoms with Gasteiger partial charge in [-0.1, -0.05) is 0 Å². The summed E-state index contributed by atoms with van der Waals surface area (Å²) >= 11 is 0. The first-order valence-corrected chi connectivity index (χ1v) is 17.3. The molecular weight excluding hydrogens is 565 g/mol. The molecule has 0 unspecified atom stereocenters. The molecule has 4 heterocycles. The third-order valence-electron chi connectivity index (χ3n) is 8.44. The Morgan fingerprint density at radius 3 is 2.47 bits per heavy atom. The van der Waals surface area contributed by atoms with Crippen LogP contribution in [0.2, 0.25) is 0 Å². The zero-order valence-electron chi connectivity index (χ0n) is 25.2. The number of piperazine rings is 1. The van der Waals surface area contributed by atoms with E-state index in [1.807, 2.05) is 18.2 Å². The van der Waals surface area contributed by atoms with Crippen LogP contribution in [0.3, 0.4) is 0 Å². The van der Waals surface area contributed by atoms with Crippen molar-refractivity contribution in [1.29, 1.82) is 0 Å². The van der Waals surface area contributed by atoms with E-state index in [1.165, 1.54) is 6.20 Å². The van der Waals surface area contributed by atoms with Gasteiger partial charge in [-0.05, 0) is 57.5 Å². The summed E-state index contributed by atoms with van der Waals surface area (Å²) in [6, 6.07) is 10.4. The smallest absolute Gasteiger partial charge is 0.229 e. The fourth-order valence-corrected chi connectivity index (χ4v) is 7.47. The van der Waals surface area contributed by atoms with Crippen molar-refractivity contribution >= 4 is 52.3 Å². The zero-order chi connectivity index (χ0) is 30.1. The van der Waals surface area contributed by atoms with Crippen molar-refractivity contribution in [3.8, 4) is 11.5 Å². The molecule has 0 radical (unpaired) electrons. The Morgan fingerprint density at radius 2 is 1.74 bits per heavy atom. The highest BCUT2D eigenvalue weighted by Crippen LogP contribution is 2.41. The highest BCUT2D eigenvalue weighted by atomic mass is 31.2. The van der Waals surface area contributed by atoms with Gasteiger partial charge in [0.2, 0.25) is 5.95 Å². The van der Waals surface area contributed by atoms with Crippen molar-refractivity contribution in [2.45, 2.75) is 18.9 Å². The Kier molecular flexibility index (Phi) is 8.17. The lowest BCUT2D eigenvalue weighted by Gasteiger charge is -2.42. The van der Waals surface area contributed by atoms with E-state index in [2.05, 4.69) is 58.4 Å². The maximum Gasteiger partial charge on any atom is 0.229 e. The summed E-state index contributed by atoms with van der Waals surface area (Å²) in [6.45, 7) is 10.0. The van der Waals surface area contributed by atoms with E-state index in [9.17, 15) is 9.67 Å². The predicted molar refractivity (Wildman–Crippen MR) is 173 cm³/mol. The number of aromatic nitrogens is 4. The van der Waals surface area contributed by atoms with Gasteiger partial charge >= 0.3 is 0 Å². The van der Waals surface area contributed by atoms with Crippen LogP contribution in [0.4, 0.5) is 28.8 Å². The number of fused-ring (bicyclic) bond motifs is 1. The van der Waals surface area contributed by atoms with E-state index in [4.69, 9.17) is 4.74 Å². The number of H-pyrrole nitrogens is 1. The molecule has 2 fully saturated rings. The molecule has 0 atom stereocenters. The van der Waals surface area contributed by atoms with Crippen LogP contribution < -0.4 is 25.6 Å². The Labute approximate surface area is 251 Å². The van der Waals surface area contributed by atoms with Crippen LogP contribution in [0.1, 0.15) is 12.8 Å². The number of hydrogen-bond acceptors (Lipinski definition) is 11. The van der Waals surface area contributed by atoms with Gasteiger partial charge in [0, 0.05) is 57.1 Å².